The van der Waals surface area contributed by atoms with Crippen LogP contribution in [0.3, 0.4) is 0 Å². The number of aliphatic hydroxyl groups excluding tert-OH is 3. The van der Waals surface area contributed by atoms with Gasteiger partial charge in [-0.3, -0.25) is 47.9 Å². The molecule has 82 heavy (non-hydrogen) atoms. The van der Waals surface area contributed by atoms with Crippen molar-refractivity contribution in [1.82, 2.24) is 47.9 Å². The molecule has 0 bridgehead atoms. The normalized spacial score (nSPS) is 24.9. The summed E-state index contributed by atoms with van der Waals surface area (Å²) in [6, 6.07) is -14.1. The van der Waals surface area contributed by atoms with Gasteiger partial charge in [-0.25, -0.2) is 4.79 Å². The highest BCUT2D eigenvalue weighted by molar-refractivity contribution is 5.99. The number of aliphatic hydroxyl groups is 3. The van der Waals surface area contributed by atoms with Crippen LogP contribution in [-0.4, -0.2) is 165 Å². The molecule has 0 aliphatic carbocycles. The highest BCUT2D eigenvalue weighted by atomic mass is 16.5. The number of nitrogens with one attached hydrogen (secondary N) is 9. The van der Waals surface area contributed by atoms with Gasteiger partial charge in [-0.2, -0.15) is 0 Å². The average Bonchev–Trinajstić information content (AvgIpc) is 3.44. The number of cyclic esters (lactones) is 1. The summed E-state index contributed by atoms with van der Waals surface area (Å²) in [6.45, 7) is 18.1. The second kappa shape index (κ2) is 38.8. The van der Waals surface area contributed by atoms with Crippen molar-refractivity contribution in [2.24, 2.45) is 29.6 Å². The lowest BCUT2D eigenvalue weighted by Gasteiger charge is -2.33. The summed E-state index contributed by atoms with van der Waals surface area (Å²) in [7, 11) is 0. The Balaban J connectivity index is 4.00. The quantitative estimate of drug-likeness (QED) is 0.0356. The van der Waals surface area contributed by atoms with Crippen LogP contribution in [0.1, 0.15) is 186 Å². The monoisotopic (exact) mass is 1170 g/mol. The summed E-state index contributed by atoms with van der Waals surface area (Å²) in [5.41, 5.74) is 0. The lowest BCUT2D eigenvalue weighted by atomic mass is 9.94. The number of carbonyl (C=O) groups excluding carboxylic acids is 10. The molecule has 0 saturated carbocycles. The van der Waals surface area contributed by atoms with Crippen molar-refractivity contribution in [2.45, 2.75) is 252 Å². The van der Waals surface area contributed by atoms with Crippen LogP contribution in [0.15, 0.2) is 0 Å². The molecule has 1 aliphatic rings. The highest BCUT2D eigenvalue weighted by Crippen LogP contribution is 2.19. The van der Waals surface area contributed by atoms with Crippen LogP contribution in [0.25, 0.3) is 0 Å². The average molecular weight is 1170 g/mol. The van der Waals surface area contributed by atoms with Crippen molar-refractivity contribution < 1.29 is 77.9 Å². The van der Waals surface area contributed by atoms with Gasteiger partial charge in [0.15, 0.2) is 0 Å². The number of unbranched alkanes of at least 4 members (excludes halogenated alkanes) is 6. The fraction of sp³-hybridized carbons (Fsp3) is 0.807. The van der Waals surface area contributed by atoms with Gasteiger partial charge in [0.1, 0.15) is 60.5 Å². The number of carboxylic acids is 1. The Kier molecular flexibility index (Phi) is 35.0. The molecule has 1 rings (SSSR count). The maximum absolute atomic E-state index is 14.8. The van der Waals surface area contributed by atoms with E-state index in [1.54, 1.807) is 69.2 Å². The maximum atomic E-state index is 14.8. The number of hydrogen-bond acceptors (Lipinski definition) is 15. The third-order valence-corrected chi connectivity index (χ3v) is 15.8. The zero-order chi connectivity index (χ0) is 62.4. The molecule has 470 valence electrons. The molecule has 0 aromatic carbocycles. The minimum atomic E-state index is -1.95. The first kappa shape index (κ1) is 74.1. The summed E-state index contributed by atoms with van der Waals surface area (Å²) in [4.78, 5) is 153. The molecular weight excluding hydrogens is 1070 g/mol. The van der Waals surface area contributed by atoms with E-state index in [-0.39, 0.29) is 19.3 Å². The van der Waals surface area contributed by atoms with Crippen LogP contribution in [-0.2, 0) is 57.5 Å². The molecule has 0 radical (unpaired) electrons. The number of carbonyl (C=O) groups is 11. The van der Waals surface area contributed by atoms with Gasteiger partial charge in [-0.05, 0) is 49.4 Å². The van der Waals surface area contributed by atoms with E-state index in [0.29, 0.717) is 32.1 Å². The van der Waals surface area contributed by atoms with Crippen LogP contribution < -0.4 is 47.9 Å². The summed E-state index contributed by atoms with van der Waals surface area (Å²) in [6.07, 6.45) is 4.66. The van der Waals surface area contributed by atoms with Gasteiger partial charge in [0, 0.05) is 6.42 Å². The Morgan fingerprint density at radius 1 is 0.537 bits per heavy atom. The van der Waals surface area contributed by atoms with E-state index in [1.165, 1.54) is 6.92 Å². The Hall–Kier alpha value is -5.95. The predicted molar refractivity (Wildman–Crippen MR) is 304 cm³/mol. The number of ether oxygens (including phenoxy) is 1. The van der Waals surface area contributed by atoms with E-state index in [4.69, 9.17) is 4.74 Å². The Morgan fingerprint density at radius 3 is 1.41 bits per heavy atom. The highest BCUT2D eigenvalue weighted by Gasteiger charge is 2.41. The van der Waals surface area contributed by atoms with Crippen LogP contribution in [0, 0.1) is 29.6 Å². The maximum Gasteiger partial charge on any atom is 0.329 e. The molecular formula is C57H101N9O16. The fourth-order valence-corrected chi connectivity index (χ4v) is 9.04. The van der Waals surface area contributed by atoms with E-state index in [9.17, 15) is 73.2 Å². The van der Waals surface area contributed by atoms with E-state index < -0.39 is 187 Å². The molecule has 25 heteroatoms. The Morgan fingerprint density at radius 2 is 0.963 bits per heavy atom. The zero-order valence-corrected chi connectivity index (χ0v) is 50.7. The zero-order valence-electron chi connectivity index (χ0n) is 50.7. The molecule has 0 spiro atoms. The molecule has 25 nitrogen and oxygen atoms in total. The van der Waals surface area contributed by atoms with Crippen molar-refractivity contribution in [3.63, 3.8) is 0 Å². The van der Waals surface area contributed by atoms with Gasteiger partial charge in [-0.1, -0.05) is 153 Å². The molecule has 1 saturated heterocycles. The van der Waals surface area contributed by atoms with Gasteiger partial charge in [0.25, 0.3) is 0 Å². The van der Waals surface area contributed by atoms with Gasteiger partial charge < -0.3 is 73.0 Å². The largest absolute Gasteiger partial charge is 0.481 e. The molecule has 13 N–H and O–H groups in total. The van der Waals surface area contributed by atoms with Gasteiger partial charge in [-0.15, -0.1) is 0 Å². The summed E-state index contributed by atoms with van der Waals surface area (Å²) in [5.74, 6) is -14.4. The van der Waals surface area contributed by atoms with Gasteiger partial charge >= 0.3 is 11.9 Å². The van der Waals surface area contributed by atoms with Gasteiger partial charge in [0.05, 0.1) is 25.7 Å². The minimum absolute atomic E-state index is 0.238. The second-order valence-corrected chi connectivity index (χ2v) is 22.3. The molecule has 16 atom stereocenters. The fourth-order valence-electron chi connectivity index (χ4n) is 9.04. The number of amides is 9. The first-order chi connectivity index (χ1) is 38.7. The number of esters is 1. The van der Waals surface area contributed by atoms with Crippen molar-refractivity contribution in [3.05, 3.63) is 0 Å². The Bertz CT molecular complexity index is 2080. The van der Waals surface area contributed by atoms with Crippen LogP contribution in [0.2, 0.25) is 0 Å². The van der Waals surface area contributed by atoms with Crippen LogP contribution in [0.4, 0.5) is 0 Å². The lowest BCUT2D eigenvalue weighted by Crippen LogP contribution is -2.64. The van der Waals surface area contributed by atoms with Crippen molar-refractivity contribution in [1.29, 1.82) is 0 Å². The molecule has 9 amide bonds. The topological polar surface area (TPSA) is 386 Å². The molecule has 0 aromatic heterocycles. The molecule has 0 unspecified atom stereocenters. The molecule has 1 fully saturated rings. The summed E-state index contributed by atoms with van der Waals surface area (Å²) in [5, 5.41) is 64.1. The van der Waals surface area contributed by atoms with Gasteiger partial charge in [0.2, 0.25) is 53.2 Å². The summed E-state index contributed by atoms with van der Waals surface area (Å²) < 4.78 is 5.86. The SMILES string of the molecule is CCCCCCCCC[C@@H](O)CC(=O)N[C@H](C(=O)N[C@H](CCC(=O)O)C(=O)N[C@H]1C(=O)N[C@H]([C@@H](C)CC)C(=O)N[C@H]([C@H](C)CC)C(=O)N[C@@H](CO)C(=O)N[C@@H]([C@@H](C)CC)C(=O)N[C@H](CO)C(=O)N[C@H]([C@@H](C)CC)C(=O)O[C@@H]1C)[C@H](C)CC. The van der Waals surface area contributed by atoms with Crippen LogP contribution >= 0.6 is 0 Å². The summed E-state index contributed by atoms with van der Waals surface area (Å²) >= 11 is 0. The van der Waals surface area contributed by atoms with E-state index >= 15 is 0 Å². The first-order valence-corrected chi connectivity index (χ1v) is 29.7. The molecule has 1 aliphatic heterocycles. The third-order valence-electron chi connectivity index (χ3n) is 15.8. The minimum Gasteiger partial charge on any atom is -0.481 e. The lowest BCUT2D eigenvalue weighted by molar-refractivity contribution is -0.158. The third kappa shape index (κ3) is 24.9. The van der Waals surface area contributed by atoms with Crippen molar-refractivity contribution in [3.8, 4) is 0 Å². The predicted octanol–water partition coefficient (Wildman–Crippen LogP) is 1.27. The standard InChI is InChI=1S/C57H101N9O16/c1-13-19-20-21-22-23-24-25-37(69)28-41(70)61-43(31(7)14-2)52(76)58-38(26-27-42(71)72)49(73)66-48-36(12)82-57(81)47(35(11)18-6)65-51(75)40(30-68)60-53(77)44(32(8)15-3)62-50(74)39(29-67)59-54(78)45(33(9)16-4)63-55(79)46(34(10)17-5)64-56(48)80/h31-40,43-48,67-69H,13-30H2,1-12H3,(H,58,76)(H,59,78)(H,60,77)(H,61,70)(H,62,74)(H,63,79)(H,64,80)(H,65,75)(H,66,73)(H,71,72)/t31-,32+,33-,34+,35+,36-,37-,38-,39+,40-,43+,44+,45-,46-,47-,48-/m1/s1. The van der Waals surface area contributed by atoms with Crippen LogP contribution in [0.5, 0.6) is 0 Å². The molecule has 1 heterocycles. The first-order valence-electron chi connectivity index (χ1n) is 29.7. The smallest absolute Gasteiger partial charge is 0.329 e. The van der Waals surface area contributed by atoms with E-state index in [1.807, 2.05) is 0 Å². The number of aliphatic carboxylic acids is 1. The number of hydrogen-bond donors (Lipinski definition) is 13. The van der Waals surface area contributed by atoms with E-state index in [0.717, 1.165) is 38.5 Å². The van der Waals surface area contributed by atoms with E-state index in [2.05, 4.69) is 54.8 Å². The van der Waals surface area contributed by atoms with Crippen molar-refractivity contribution >= 4 is 65.1 Å². The second-order valence-electron chi connectivity index (χ2n) is 22.3. The number of carboxylic acid groups (broad SMARTS) is 1. The van der Waals surface area contributed by atoms with Crippen molar-refractivity contribution in [2.75, 3.05) is 13.2 Å². The molecule has 0 aromatic rings. The Labute approximate surface area is 484 Å². The number of rotatable bonds is 30.